The van der Waals surface area contributed by atoms with Crippen LogP contribution >= 0.6 is 11.3 Å². The number of carbonyl (C=O) groups is 3. The number of rotatable bonds is 13. The van der Waals surface area contributed by atoms with Crippen LogP contribution in [0.3, 0.4) is 0 Å². The van der Waals surface area contributed by atoms with Gasteiger partial charge in [0.2, 0.25) is 11.8 Å². The van der Waals surface area contributed by atoms with Crippen LogP contribution in [0, 0.1) is 0 Å². The van der Waals surface area contributed by atoms with Crippen LogP contribution in [0.4, 0.5) is 5.13 Å². The molecule has 2 rings (SSSR count). The van der Waals surface area contributed by atoms with Crippen LogP contribution < -0.4 is 25.3 Å². The number of nitrogen functional groups attached to an aromatic ring is 1. The Kier molecular flexibility index (Phi) is 9.87. The largest absolute Gasteiger partial charge is 0.480 e. The van der Waals surface area contributed by atoms with Crippen LogP contribution in [0.5, 0.6) is 5.75 Å². The number of hydrogen-bond donors (Lipinski definition) is 5. The average Bonchev–Trinajstić information content (AvgIpc) is 3.15. The zero-order chi connectivity index (χ0) is 22.6. The number of anilines is 1. The van der Waals surface area contributed by atoms with Gasteiger partial charge in [-0.1, -0.05) is 18.2 Å². The number of thiazole rings is 1. The van der Waals surface area contributed by atoms with Crippen LogP contribution in [0.15, 0.2) is 35.7 Å². The summed E-state index contributed by atoms with van der Waals surface area (Å²) in [4.78, 5) is 39.1. The zero-order valence-corrected chi connectivity index (χ0v) is 18.0. The van der Waals surface area contributed by atoms with Gasteiger partial charge in [-0.25, -0.2) is 4.98 Å². The predicted octanol–water partition coefficient (Wildman–Crippen LogP) is -0.0191. The molecule has 31 heavy (non-hydrogen) atoms. The van der Waals surface area contributed by atoms with E-state index in [1.165, 1.54) is 11.3 Å². The molecule has 13 heteroatoms. The summed E-state index contributed by atoms with van der Waals surface area (Å²) in [6.07, 6.45) is 1.36. The van der Waals surface area contributed by atoms with Gasteiger partial charge in [0.05, 0.1) is 12.2 Å². The molecular formula is C18H23N5O6S2. The molecule has 0 aliphatic rings. The van der Waals surface area contributed by atoms with Gasteiger partial charge in [0.1, 0.15) is 11.8 Å². The Morgan fingerprint density at radius 3 is 2.58 bits per heavy atom. The molecule has 0 radical (unpaired) electrons. The van der Waals surface area contributed by atoms with Crippen molar-refractivity contribution < 1.29 is 27.9 Å². The third-order valence-electron chi connectivity index (χ3n) is 3.81. The number of carboxylic acids is 1. The van der Waals surface area contributed by atoms with Crippen LogP contribution in [0.2, 0.25) is 0 Å². The third kappa shape index (κ3) is 9.55. The number of carbonyl (C=O) groups excluding carboxylic acids is 2. The number of hydrogen-bond acceptors (Lipinski definition) is 8. The summed E-state index contributed by atoms with van der Waals surface area (Å²) >= 11 is -0.800. The minimum absolute atomic E-state index is 0.208. The molecule has 1 heterocycles. The predicted molar refractivity (Wildman–Crippen MR) is 115 cm³/mol. The van der Waals surface area contributed by atoms with Crippen molar-refractivity contribution in [2.24, 2.45) is 0 Å². The summed E-state index contributed by atoms with van der Waals surface area (Å²) in [6, 6.07) is 6.86. The highest BCUT2D eigenvalue weighted by Gasteiger charge is 2.21. The average molecular weight is 470 g/mol. The van der Waals surface area contributed by atoms with Gasteiger partial charge in [0.25, 0.3) is 11.3 Å². The number of aryl methyl sites for hydroxylation is 1. The topological polar surface area (TPSA) is 173 Å². The maximum Gasteiger partial charge on any atom is 0.323 e. The molecule has 2 unspecified atom stereocenters. The van der Waals surface area contributed by atoms with Crippen LogP contribution in [0.1, 0.15) is 18.5 Å². The van der Waals surface area contributed by atoms with E-state index in [2.05, 4.69) is 20.3 Å². The molecule has 0 fully saturated rings. The number of para-hydroxylation sites is 1. The van der Waals surface area contributed by atoms with Crippen molar-refractivity contribution in [3.63, 3.8) is 0 Å². The van der Waals surface area contributed by atoms with Crippen LogP contribution in [-0.4, -0.2) is 51.2 Å². The lowest BCUT2D eigenvalue weighted by Gasteiger charge is -2.15. The minimum Gasteiger partial charge on any atom is -0.480 e. The minimum atomic E-state index is -2.13. The van der Waals surface area contributed by atoms with Gasteiger partial charge in [-0.3, -0.25) is 14.4 Å². The van der Waals surface area contributed by atoms with Gasteiger partial charge >= 0.3 is 5.97 Å². The van der Waals surface area contributed by atoms with Gasteiger partial charge in [-0.15, -0.1) is 11.3 Å². The van der Waals surface area contributed by atoms with Gasteiger partial charge in [-0.2, -0.15) is 8.93 Å². The van der Waals surface area contributed by atoms with Crippen LogP contribution in [0.25, 0.3) is 0 Å². The standard InChI is InChI=1S/C18H23N5O6S2/c19-18-22-12(11-30-18)5-4-8-15(24)21-10-16(25)20-9-14(17(26)27)23-31(28)29-13-6-2-1-3-7-13/h1-3,6-7,11,14,23H,4-5,8-10H2,(H2,19,22)(H,20,25)(H,21,24)(H,26,27). The summed E-state index contributed by atoms with van der Waals surface area (Å²) in [5, 5.41) is 16.3. The normalized spacial score (nSPS) is 12.5. The first-order chi connectivity index (χ1) is 14.8. The molecule has 0 bridgehead atoms. The van der Waals surface area contributed by atoms with Gasteiger partial charge < -0.3 is 25.7 Å². The van der Waals surface area contributed by atoms with Crippen molar-refractivity contribution in [2.45, 2.75) is 25.3 Å². The highest BCUT2D eigenvalue weighted by atomic mass is 32.2. The van der Waals surface area contributed by atoms with E-state index >= 15 is 0 Å². The second-order valence-corrected chi connectivity index (χ2v) is 8.01. The first kappa shape index (κ1) is 24.2. The van der Waals surface area contributed by atoms with Gasteiger partial charge in [-0.05, 0) is 25.0 Å². The van der Waals surface area contributed by atoms with Crippen molar-refractivity contribution in [2.75, 3.05) is 18.8 Å². The van der Waals surface area contributed by atoms with Crippen LogP contribution in [-0.2, 0) is 32.1 Å². The van der Waals surface area contributed by atoms with Crippen molar-refractivity contribution >= 4 is 45.5 Å². The zero-order valence-electron chi connectivity index (χ0n) is 16.4. The van der Waals surface area contributed by atoms with Crippen molar-refractivity contribution in [3.05, 3.63) is 41.4 Å². The molecule has 168 valence electrons. The third-order valence-corrected chi connectivity index (χ3v) is 5.35. The number of aromatic nitrogens is 1. The van der Waals surface area contributed by atoms with Gasteiger partial charge in [0.15, 0.2) is 5.13 Å². The Labute approximate surface area is 185 Å². The quantitative estimate of drug-likeness (QED) is 0.272. The molecule has 0 aliphatic heterocycles. The Balaban J connectivity index is 1.65. The number of benzene rings is 1. The van der Waals surface area contributed by atoms with E-state index in [0.717, 1.165) is 5.69 Å². The molecule has 11 nitrogen and oxygen atoms in total. The lowest BCUT2D eigenvalue weighted by Crippen LogP contribution is -2.49. The number of nitrogens with zero attached hydrogens (tertiary/aromatic N) is 1. The highest BCUT2D eigenvalue weighted by molar-refractivity contribution is 7.78. The maximum absolute atomic E-state index is 11.9. The SMILES string of the molecule is Nc1nc(CCCC(=O)NCC(=O)NCC(NS(=O)Oc2ccccc2)C(=O)O)cs1. The Bertz CT molecular complexity index is 908. The van der Waals surface area contributed by atoms with E-state index in [1.54, 1.807) is 30.3 Å². The number of nitrogens with one attached hydrogen (secondary N) is 3. The van der Waals surface area contributed by atoms with E-state index in [9.17, 15) is 23.7 Å². The number of amides is 2. The fraction of sp³-hybridized carbons (Fsp3) is 0.333. The summed E-state index contributed by atoms with van der Waals surface area (Å²) in [5.41, 5.74) is 6.35. The molecule has 2 atom stereocenters. The van der Waals surface area contributed by atoms with E-state index in [1.807, 2.05) is 5.38 Å². The molecule has 6 N–H and O–H groups in total. The van der Waals surface area contributed by atoms with E-state index in [4.69, 9.17) is 9.92 Å². The number of nitrogens with two attached hydrogens (primary N) is 1. The molecule has 1 aromatic carbocycles. The van der Waals surface area contributed by atoms with E-state index < -0.39 is 29.2 Å². The van der Waals surface area contributed by atoms with Gasteiger partial charge in [0, 0.05) is 18.3 Å². The van der Waals surface area contributed by atoms with E-state index in [0.29, 0.717) is 23.7 Å². The maximum atomic E-state index is 11.9. The second-order valence-electron chi connectivity index (χ2n) is 6.25. The highest BCUT2D eigenvalue weighted by Crippen LogP contribution is 2.13. The fourth-order valence-corrected chi connectivity index (χ4v) is 3.64. The molecule has 0 saturated carbocycles. The smallest absolute Gasteiger partial charge is 0.323 e. The molecule has 2 amide bonds. The van der Waals surface area contributed by atoms with E-state index in [-0.39, 0.29) is 25.4 Å². The first-order valence-corrected chi connectivity index (χ1v) is 11.2. The second kappa shape index (κ2) is 12.6. The molecule has 1 aromatic heterocycles. The molecule has 0 saturated heterocycles. The lowest BCUT2D eigenvalue weighted by molar-refractivity contribution is -0.139. The molecular weight excluding hydrogens is 446 g/mol. The van der Waals surface area contributed by atoms with Crippen molar-refractivity contribution in [1.82, 2.24) is 20.3 Å². The molecule has 0 aliphatic carbocycles. The summed E-state index contributed by atoms with van der Waals surface area (Å²) < 4.78 is 19.3. The number of carboxylic acid groups (broad SMARTS) is 1. The van der Waals surface area contributed by atoms with Crippen molar-refractivity contribution in [1.29, 1.82) is 0 Å². The fourth-order valence-electron chi connectivity index (χ4n) is 2.30. The Morgan fingerprint density at radius 2 is 1.94 bits per heavy atom. The monoisotopic (exact) mass is 469 g/mol. The van der Waals surface area contributed by atoms with Crippen molar-refractivity contribution in [3.8, 4) is 5.75 Å². The summed E-state index contributed by atoms with van der Waals surface area (Å²) in [7, 11) is 0. The summed E-state index contributed by atoms with van der Waals surface area (Å²) in [6.45, 7) is -0.655. The molecule has 0 spiro atoms. The Hall–Kier alpha value is -3.03. The summed E-state index contributed by atoms with van der Waals surface area (Å²) in [5.74, 6) is -1.92. The lowest BCUT2D eigenvalue weighted by atomic mass is 10.2. The number of aliphatic carboxylic acids is 1. The Morgan fingerprint density at radius 1 is 1.19 bits per heavy atom. The first-order valence-electron chi connectivity index (χ1n) is 9.21. The molecule has 2 aromatic rings.